The Hall–Kier alpha value is -1.62. The Balaban J connectivity index is 1.69. The predicted octanol–water partition coefficient (Wildman–Crippen LogP) is 2.67. The lowest BCUT2D eigenvalue weighted by Gasteiger charge is -2.35. The van der Waals surface area contributed by atoms with Gasteiger partial charge in [0.05, 0.1) is 5.52 Å². The highest BCUT2D eigenvalue weighted by atomic mass is 79.9. The Morgan fingerprint density at radius 3 is 2.62 bits per heavy atom. The number of carbonyl (C=O) groups is 1. The third kappa shape index (κ3) is 3.18. The summed E-state index contributed by atoms with van der Waals surface area (Å²) in [5, 5.41) is 1.89. The number of piperazine rings is 1. The minimum atomic E-state index is 0.234. The second-order valence-corrected chi connectivity index (χ2v) is 5.96. The summed E-state index contributed by atoms with van der Waals surface area (Å²) in [5.74, 6) is 1.24. The fourth-order valence-corrected chi connectivity index (χ4v) is 2.99. The number of carbonyl (C=O) groups excluding carboxylic acids is 1. The van der Waals surface area contributed by atoms with Crippen molar-refractivity contribution in [3.8, 4) is 0 Å². The number of halogens is 1. The first-order valence-corrected chi connectivity index (χ1v) is 8.34. The number of amides is 1. The van der Waals surface area contributed by atoms with Crippen molar-refractivity contribution in [2.24, 2.45) is 0 Å². The number of rotatable bonds is 3. The van der Waals surface area contributed by atoms with E-state index in [0.29, 0.717) is 6.42 Å². The Morgan fingerprint density at radius 2 is 1.86 bits per heavy atom. The summed E-state index contributed by atoms with van der Waals surface area (Å²) in [5.41, 5.74) is 1.02. The predicted molar refractivity (Wildman–Crippen MR) is 88.9 cm³/mol. The van der Waals surface area contributed by atoms with Crippen LogP contribution in [0.25, 0.3) is 10.9 Å². The third-order valence-corrected chi connectivity index (χ3v) is 4.24. The van der Waals surface area contributed by atoms with E-state index in [1.807, 2.05) is 23.1 Å². The zero-order chi connectivity index (χ0) is 14.7. The molecule has 0 atom stereocenters. The standard InChI is InChI=1S/C16H18BrN3O/c17-8-7-16(21)20-11-9-19(10-12-20)15-6-5-13-3-1-2-4-14(13)18-15/h1-6H,7-12H2. The maximum absolute atomic E-state index is 11.9. The molecule has 1 fully saturated rings. The molecule has 0 aliphatic carbocycles. The quantitative estimate of drug-likeness (QED) is 0.801. The molecular weight excluding hydrogens is 330 g/mol. The molecule has 21 heavy (non-hydrogen) atoms. The van der Waals surface area contributed by atoms with E-state index in [9.17, 15) is 4.79 Å². The summed E-state index contributed by atoms with van der Waals surface area (Å²) in [6.07, 6.45) is 0.578. The number of pyridine rings is 1. The number of fused-ring (bicyclic) bond motifs is 1. The number of hydrogen-bond acceptors (Lipinski definition) is 3. The fourth-order valence-electron chi connectivity index (χ4n) is 2.66. The number of benzene rings is 1. The highest BCUT2D eigenvalue weighted by molar-refractivity contribution is 9.09. The van der Waals surface area contributed by atoms with E-state index < -0.39 is 0 Å². The Kier molecular flexibility index (Phi) is 4.39. The van der Waals surface area contributed by atoms with Crippen LogP contribution in [0.4, 0.5) is 5.82 Å². The van der Waals surface area contributed by atoms with Crippen molar-refractivity contribution in [3.63, 3.8) is 0 Å². The fraction of sp³-hybridized carbons (Fsp3) is 0.375. The summed E-state index contributed by atoms with van der Waals surface area (Å²) < 4.78 is 0. The minimum absolute atomic E-state index is 0.234. The van der Waals surface area contributed by atoms with Gasteiger partial charge in [0.15, 0.2) is 0 Å². The van der Waals surface area contributed by atoms with Crippen LogP contribution < -0.4 is 4.90 Å². The molecule has 2 heterocycles. The van der Waals surface area contributed by atoms with Gasteiger partial charge in [-0.25, -0.2) is 4.98 Å². The first-order chi connectivity index (χ1) is 10.3. The molecule has 1 aliphatic rings. The van der Waals surface area contributed by atoms with Gasteiger partial charge in [-0.15, -0.1) is 0 Å². The summed E-state index contributed by atoms with van der Waals surface area (Å²) in [6, 6.07) is 12.3. The molecule has 5 heteroatoms. The maximum Gasteiger partial charge on any atom is 0.223 e. The van der Waals surface area contributed by atoms with E-state index in [2.05, 4.69) is 39.0 Å². The van der Waals surface area contributed by atoms with E-state index in [-0.39, 0.29) is 5.91 Å². The van der Waals surface area contributed by atoms with Crippen molar-refractivity contribution >= 4 is 38.6 Å². The highest BCUT2D eigenvalue weighted by Crippen LogP contribution is 2.19. The lowest BCUT2D eigenvalue weighted by molar-refractivity contribution is -0.131. The van der Waals surface area contributed by atoms with Crippen LogP contribution in [0.1, 0.15) is 6.42 Å². The van der Waals surface area contributed by atoms with Crippen LogP contribution in [0.2, 0.25) is 0 Å². The summed E-state index contributed by atoms with van der Waals surface area (Å²) >= 11 is 3.32. The van der Waals surface area contributed by atoms with Crippen LogP contribution in [0, 0.1) is 0 Å². The van der Waals surface area contributed by atoms with Crippen molar-refractivity contribution in [2.75, 3.05) is 36.4 Å². The average molecular weight is 348 g/mol. The topological polar surface area (TPSA) is 36.4 Å². The van der Waals surface area contributed by atoms with Crippen LogP contribution >= 0.6 is 15.9 Å². The summed E-state index contributed by atoms with van der Waals surface area (Å²) in [4.78, 5) is 20.8. The molecule has 0 spiro atoms. The van der Waals surface area contributed by atoms with Gasteiger partial charge in [-0.1, -0.05) is 34.1 Å². The van der Waals surface area contributed by atoms with E-state index in [4.69, 9.17) is 4.98 Å². The molecular formula is C16H18BrN3O. The van der Waals surface area contributed by atoms with Crippen LogP contribution in [-0.4, -0.2) is 47.3 Å². The SMILES string of the molecule is O=C(CCBr)N1CCN(c2ccc3ccccc3n2)CC1. The molecule has 110 valence electrons. The zero-order valence-corrected chi connectivity index (χ0v) is 13.4. The van der Waals surface area contributed by atoms with Gasteiger partial charge in [0, 0.05) is 43.3 Å². The molecule has 0 bridgehead atoms. The van der Waals surface area contributed by atoms with Crippen LogP contribution in [-0.2, 0) is 4.79 Å². The number of nitrogens with zero attached hydrogens (tertiary/aromatic N) is 3. The van der Waals surface area contributed by atoms with Gasteiger partial charge in [0.25, 0.3) is 0 Å². The monoisotopic (exact) mass is 347 g/mol. The smallest absolute Gasteiger partial charge is 0.223 e. The van der Waals surface area contributed by atoms with Crippen LogP contribution in [0.5, 0.6) is 0 Å². The van der Waals surface area contributed by atoms with E-state index in [1.165, 1.54) is 0 Å². The van der Waals surface area contributed by atoms with Gasteiger partial charge in [-0.05, 0) is 18.2 Å². The van der Waals surface area contributed by atoms with Gasteiger partial charge >= 0.3 is 0 Å². The Bertz CT molecular complexity index is 638. The number of hydrogen-bond donors (Lipinski definition) is 0. The summed E-state index contributed by atoms with van der Waals surface area (Å²) in [7, 11) is 0. The second kappa shape index (κ2) is 6.43. The number of aromatic nitrogens is 1. The zero-order valence-electron chi connectivity index (χ0n) is 11.8. The van der Waals surface area contributed by atoms with Crippen LogP contribution in [0.3, 0.4) is 0 Å². The molecule has 3 rings (SSSR count). The molecule has 1 amide bonds. The lowest BCUT2D eigenvalue weighted by atomic mass is 10.2. The third-order valence-electron chi connectivity index (χ3n) is 3.85. The van der Waals surface area contributed by atoms with Crippen molar-refractivity contribution in [1.29, 1.82) is 0 Å². The molecule has 0 radical (unpaired) electrons. The molecule has 1 aliphatic heterocycles. The van der Waals surface area contributed by atoms with E-state index in [0.717, 1.165) is 48.2 Å². The van der Waals surface area contributed by atoms with Gasteiger partial charge in [-0.2, -0.15) is 0 Å². The van der Waals surface area contributed by atoms with E-state index in [1.54, 1.807) is 0 Å². The van der Waals surface area contributed by atoms with Gasteiger partial charge in [0.2, 0.25) is 5.91 Å². The van der Waals surface area contributed by atoms with Crippen molar-refractivity contribution < 1.29 is 4.79 Å². The molecule has 1 aromatic carbocycles. The molecule has 0 saturated carbocycles. The highest BCUT2D eigenvalue weighted by Gasteiger charge is 2.21. The van der Waals surface area contributed by atoms with Crippen molar-refractivity contribution in [1.82, 2.24) is 9.88 Å². The van der Waals surface area contributed by atoms with Gasteiger partial charge in [-0.3, -0.25) is 4.79 Å². The Morgan fingerprint density at radius 1 is 1.10 bits per heavy atom. The molecule has 1 aromatic heterocycles. The first-order valence-electron chi connectivity index (χ1n) is 7.22. The average Bonchev–Trinajstić information content (AvgIpc) is 2.55. The number of alkyl halides is 1. The van der Waals surface area contributed by atoms with E-state index >= 15 is 0 Å². The maximum atomic E-state index is 11.9. The Labute approximate surface area is 132 Å². The van der Waals surface area contributed by atoms with Gasteiger partial charge in [0.1, 0.15) is 5.82 Å². The van der Waals surface area contributed by atoms with Crippen molar-refractivity contribution in [2.45, 2.75) is 6.42 Å². The molecule has 0 unspecified atom stereocenters. The molecule has 2 aromatic rings. The number of anilines is 1. The second-order valence-electron chi connectivity index (χ2n) is 5.17. The first kappa shape index (κ1) is 14.3. The van der Waals surface area contributed by atoms with Crippen LogP contribution in [0.15, 0.2) is 36.4 Å². The number of para-hydroxylation sites is 1. The molecule has 4 nitrogen and oxygen atoms in total. The molecule has 0 N–H and O–H groups in total. The normalized spacial score (nSPS) is 15.5. The molecule has 1 saturated heterocycles. The minimum Gasteiger partial charge on any atom is -0.353 e. The van der Waals surface area contributed by atoms with Gasteiger partial charge < -0.3 is 9.80 Å². The van der Waals surface area contributed by atoms with Crippen molar-refractivity contribution in [3.05, 3.63) is 36.4 Å². The summed E-state index contributed by atoms with van der Waals surface area (Å²) in [6.45, 7) is 3.25. The lowest BCUT2D eigenvalue weighted by Crippen LogP contribution is -2.49. The largest absolute Gasteiger partial charge is 0.353 e.